The third kappa shape index (κ3) is 6.12. The number of likely N-dealkylation sites (N-methyl/N-ethyl adjacent to an activating group) is 1. The van der Waals surface area contributed by atoms with Crippen LogP contribution in [0.2, 0.25) is 0 Å². The number of nitrogens with zero attached hydrogens (tertiary/aromatic N) is 1. The zero-order chi connectivity index (χ0) is 20.5. The first-order chi connectivity index (χ1) is 13.4. The van der Waals surface area contributed by atoms with E-state index >= 15 is 0 Å². The number of aryl methyl sites for hydroxylation is 2. The van der Waals surface area contributed by atoms with Gasteiger partial charge in [0.05, 0.1) is 6.61 Å². The van der Waals surface area contributed by atoms with E-state index < -0.39 is 6.04 Å². The van der Waals surface area contributed by atoms with Gasteiger partial charge in [-0.1, -0.05) is 42.0 Å². The van der Waals surface area contributed by atoms with Crippen LogP contribution in [0.4, 0.5) is 0 Å². The smallest absolute Gasteiger partial charge is 0.242 e. The summed E-state index contributed by atoms with van der Waals surface area (Å²) in [5, 5.41) is 2.64. The monoisotopic (exact) mass is 382 g/mol. The number of nitrogens with one attached hydrogen (secondary N) is 1. The summed E-state index contributed by atoms with van der Waals surface area (Å²) in [7, 11) is 1.59. The number of rotatable bonds is 9. The van der Waals surface area contributed by atoms with Crippen LogP contribution < -0.4 is 10.1 Å². The Morgan fingerprint density at radius 3 is 2.39 bits per heavy atom. The summed E-state index contributed by atoms with van der Waals surface area (Å²) in [6.07, 6.45) is 0.927. The fourth-order valence-electron chi connectivity index (χ4n) is 2.95. The highest BCUT2D eigenvalue weighted by atomic mass is 16.5. The molecule has 0 saturated carbocycles. The Hall–Kier alpha value is -2.82. The summed E-state index contributed by atoms with van der Waals surface area (Å²) in [4.78, 5) is 26.7. The van der Waals surface area contributed by atoms with Gasteiger partial charge in [0.15, 0.2) is 0 Å². The third-order valence-electron chi connectivity index (χ3n) is 4.84. The highest BCUT2D eigenvalue weighted by Crippen LogP contribution is 2.16. The molecule has 150 valence electrons. The SMILES string of the molecule is CNC(=O)[C@H](C)N(Cc1ccccc1C)C(=O)CCCOc1ccc(C)cc1. The number of carbonyl (C=O) groups is 2. The summed E-state index contributed by atoms with van der Waals surface area (Å²) >= 11 is 0. The van der Waals surface area contributed by atoms with Gasteiger partial charge in [0.25, 0.3) is 0 Å². The summed E-state index contributed by atoms with van der Waals surface area (Å²) in [6, 6.07) is 15.2. The molecule has 0 heterocycles. The predicted octanol–water partition coefficient (Wildman–Crippen LogP) is 3.63. The van der Waals surface area contributed by atoms with E-state index in [1.54, 1.807) is 18.9 Å². The maximum Gasteiger partial charge on any atom is 0.242 e. The molecule has 0 spiro atoms. The molecule has 2 aromatic carbocycles. The quantitative estimate of drug-likeness (QED) is 0.674. The fourth-order valence-corrected chi connectivity index (χ4v) is 2.95. The average molecular weight is 383 g/mol. The lowest BCUT2D eigenvalue weighted by Crippen LogP contribution is -2.46. The minimum Gasteiger partial charge on any atom is -0.494 e. The van der Waals surface area contributed by atoms with Gasteiger partial charge in [-0.2, -0.15) is 0 Å². The highest BCUT2D eigenvalue weighted by molar-refractivity contribution is 5.87. The average Bonchev–Trinajstić information content (AvgIpc) is 2.70. The van der Waals surface area contributed by atoms with Crippen LogP contribution in [0.1, 0.15) is 36.5 Å². The van der Waals surface area contributed by atoms with Crippen molar-refractivity contribution in [2.45, 2.75) is 46.2 Å². The standard InChI is InChI=1S/C23H30N2O3/c1-17-11-13-21(14-12-17)28-15-7-10-22(26)25(19(3)23(27)24-4)16-20-9-6-5-8-18(20)2/h5-6,8-9,11-14,19H,7,10,15-16H2,1-4H3,(H,24,27)/t19-/m0/s1. The van der Waals surface area contributed by atoms with E-state index in [2.05, 4.69) is 5.32 Å². The molecule has 0 aliphatic heterocycles. The lowest BCUT2D eigenvalue weighted by molar-refractivity contribution is -0.140. The molecule has 2 aromatic rings. The molecule has 0 aliphatic rings. The summed E-state index contributed by atoms with van der Waals surface area (Å²) in [5.74, 6) is 0.582. The minimum absolute atomic E-state index is 0.0492. The van der Waals surface area contributed by atoms with Crippen molar-refractivity contribution in [1.82, 2.24) is 10.2 Å². The molecule has 2 amide bonds. The molecule has 0 aromatic heterocycles. The van der Waals surface area contributed by atoms with Gasteiger partial charge in [0, 0.05) is 20.0 Å². The fraction of sp³-hybridized carbons (Fsp3) is 0.391. The Bertz CT molecular complexity index is 787. The maximum absolute atomic E-state index is 12.9. The van der Waals surface area contributed by atoms with E-state index in [1.807, 2.05) is 62.4 Å². The van der Waals surface area contributed by atoms with Crippen LogP contribution in [0.3, 0.4) is 0 Å². The molecule has 0 saturated heterocycles. The van der Waals surface area contributed by atoms with E-state index in [1.165, 1.54) is 5.56 Å². The number of benzene rings is 2. The largest absolute Gasteiger partial charge is 0.494 e. The maximum atomic E-state index is 12.9. The molecule has 0 fully saturated rings. The van der Waals surface area contributed by atoms with Gasteiger partial charge in [-0.05, 0) is 50.5 Å². The minimum atomic E-state index is -0.532. The van der Waals surface area contributed by atoms with Crippen molar-refractivity contribution in [3.05, 3.63) is 65.2 Å². The first-order valence-electron chi connectivity index (χ1n) is 9.67. The zero-order valence-corrected chi connectivity index (χ0v) is 17.2. The molecule has 0 bridgehead atoms. The first-order valence-corrected chi connectivity index (χ1v) is 9.67. The van der Waals surface area contributed by atoms with Crippen molar-refractivity contribution in [3.8, 4) is 5.75 Å². The summed E-state index contributed by atoms with van der Waals surface area (Å²) in [6.45, 7) is 6.68. The highest BCUT2D eigenvalue weighted by Gasteiger charge is 2.25. The van der Waals surface area contributed by atoms with Gasteiger partial charge >= 0.3 is 0 Å². The molecule has 28 heavy (non-hydrogen) atoms. The molecule has 5 nitrogen and oxygen atoms in total. The van der Waals surface area contributed by atoms with Gasteiger partial charge in [0.1, 0.15) is 11.8 Å². The van der Waals surface area contributed by atoms with E-state index in [4.69, 9.17) is 4.74 Å². The molecular formula is C23H30N2O3. The molecule has 5 heteroatoms. The third-order valence-corrected chi connectivity index (χ3v) is 4.84. The van der Waals surface area contributed by atoms with Crippen molar-refractivity contribution in [2.24, 2.45) is 0 Å². The van der Waals surface area contributed by atoms with Crippen molar-refractivity contribution in [2.75, 3.05) is 13.7 Å². The Kier molecular flexibility index (Phi) is 8.05. The van der Waals surface area contributed by atoms with Crippen LogP contribution in [0, 0.1) is 13.8 Å². The first kappa shape index (κ1) is 21.5. The number of hydrogen-bond acceptors (Lipinski definition) is 3. The lowest BCUT2D eigenvalue weighted by atomic mass is 10.1. The Balaban J connectivity index is 1.97. The van der Waals surface area contributed by atoms with Gasteiger partial charge in [0.2, 0.25) is 11.8 Å². The molecular weight excluding hydrogens is 352 g/mol. The Morgan fingerprint density at radius 2 is 1.75 bits per heavy atom. The number of amides is 2. The van der Waals surface area contributed by atoms with Gasteiger partial charge in [-0.15, -0.1) is 0 Å². The summed E-state index contributed by atoms with van der Waals surface area (Å²) < 4.78 is 5.71. The van der Waals surface area contributed by atoms with Gasteiger partial charge in [-0.3, -0.25) is 9.59 Å². The molecule has 0 aliphatic carbocycles. The van der Waals surface area contributed by atoms with E-state index in [9.17, 15) is 9.59 Å². The second-order valence-electron chi connectivity index (χ2n) is 7.00. The molecule has 0 unspecified atom stereocenters. The Morgan fingerprint density at radius 1 is 1.07 bits per heavy atom. The van der Waals surface area contributed by atoms with Crippen LogP contribution in [0.5, 0.6) is 5.75 Å². The predicted molar refractivity (Wildman–Crippen MR) is 111 cm³/mol. The molecule has 1 N–H and O–H groups in total. The number of hydrogen-bond donors (Lipinski definition) is 1. The molecule has 2 rings (SSSR count). The van der Waals surface area contributed by atoms with Crippen molar-refractivity contribution in [1.29, 1.82) is 0 Å². The normalized spacial score (nSPS) is 11.6. The second kappa shape index (κ2) is 10.5. The lowest BCUT2D eigenvalue weighted by Gasteiger charge is -2.29. The van der Waals surface area contributed by atoms with Crippen LogP contribution in [0.25, 0.3) is 0 Å². The van der Waals surface area contributed by atoms with Gasteiger partial charge < -0.3 is 15.0 Å². The van der Waals surface area contributed by atoms with Crippen molar-refractivity contribution in [3.63, 3.8) is 0 Å². The second-order valence-corrected chi connectivity index (χ2v) is 7.00. The van der Waals surface area contributed by atoms with E-state index in [0.717, 1.165) is 16.9 Å². The topological polar surface area (TPSA) is 58.6 Å². The van der Waals surface area contributed by atoms with E-state index in [0.29, 0.717) is 26.0 Å². The van der Waals surface area contributed by atoms with Gasteiger partial charge in [-0.25, -0.2) is 0 Å². The van der Waals surface area contributed by atoms with Crippen molar-refractivity contribution < 1.29 is 14.3 Å². The van der Waals surface area contributed by atoms with Crippen LogP contribution in [-0.4, -0.2) is 36.4 Å². The van der Waals surface area contributed by atoms with Crippen LogP contribution in [0.15, 0.2) is 48.5 Å². The van der Waals surface area contributed by atoms with E-state index in [-0.39, 0.29) is 11.8 Å². The number of carbonyl (C=O) groups excluding carboxylic acids is 2. The zero-order valence-electron chi connectivity index (χ0n) is 17.2. The van der Waals surface area contributed by atoms with Crippen LogP contribution >= 0.6 is 0 Å². The summed E-state index contributed by atoms with van der Waals surface area (Å²) in [5.41, 5.74) is 3.33. The van der Waals surface area contributed by atoms with Crippen molar-refractivity contribution >= 4 is 11.8 Å². The number of ether oxygens (including phenoxy) is 1. The Labute approximate surface area is 167 Å². The molecule has 0 radical (unpaired) electrons. The van der Waals surface area contributed by atoms with Crippen LogP contribution in [-0.2, 0) is 16.1 Å². The molecule has 1 atom stereocenters.